The van der Waals surface area contributed by atoms with Gasteiger partial charge in [0.15, 0.2) is 0 Å². The summed E-state index contributed by atoms with van der Waals surface area (Å²) >= 11 is 8.72. The van der Waals surface area contributed by atoms with Crippen molar-refractivity contribution in [2.24, 2.45) is 0 Å². The predicted molar refractivity (Wildman–Crippen MR) is 112 cm³/mol. The zero-order chi connectivity index (χ0) is 19.6. The number of carbonyl (C=O) groups excluding carboxylic acids is 3. The third-order valence-corrected chi connectivity index (χ3v) is 5.53. The quantitative estimate of drug-likeness (QED) is 0.470. The van der Waals surface area contributed by atoms with Gasteiger partial charge in [-0.15, -0.1) is 0 Å². The van der Waals surface area contributed by atoms with E-state index in [4.69, 9.17) is 11.6 Å². The van der Waals surface area contributed by atoms with E-state index >= 15 is 0 Å². The van der Waals surface area contributed by atoms with Gasteiger partial charge in [-0.3, -0.25) is 19.3 Å². The topological polar surface area (TPSA) is 66.5 Å². The highest BCUT2D eigenvalue weighted by atomic mass is 127. The van der Waals surface area contributed by atoms with Crippen molar-refractivity contribution in [3.63, 3.8) is 0 Å². The van der Waals surface area contributed by atoms with Gasteiger partial charge in [-0.05, 0) is 76.8 Å². The van der Waals surface area contributed by atoms with Crippen LogP contribution in [0.25, 0.3) is 6.08 Å². The van der Waals surface area contributed by atoms with E-state index in [1.54, 1.807) is 12.1 Å². The first-order valence-corrected chi connectivity index (χ1v) is 9.87. The fraction of sp³-hybridized carbons (Fsp3) is 0.0556. The van der Waals surface area contributed by atoms with Crippen molar-refractivity contribution in [3.05, 3.63) is 67.3 Å². The number of benzene rings is 2. The molecule has 9 heteroatoms. The summed E-state index contributed by atoms with van der Waals surface area (Å²) in [6, 6.07) is 11.2. The molecule has 3 amide bonds. The second-order valence-electron chi connectivity index (χ2n) is 5.46. The van der Waals surface area contributed by atoms with E-state index in [9.17, 15) is 18.8 Å². The number of hydrogen-bond acceptors (Lipinski definition) is 4. The van der Waals surface area contributed by atoms with Gasteiger partial charge < -0.3 is 5.32 Å². The van der Waals surface area contributed by atoms with Crippen LogP contribution >= 0.6 is 46.0 Å². The van der Waals surface area contributed by atoms with E-state index in [1.807, 2.05) is 12.1 Å². The Balaban J connectivity index is 1.73. The third-order valence-electron chi connectivity index (χ3n) is 3.58. The van der Waals surface area contributed by atoms with Gasteiger partial charge in [0, 0.05) is 14.8 Å². The van der Waals surface area contributed by atoms with Crippen LogP contribution in [0.5, 0.6) is 0 Å². The highest BCUT2D eigenvalue weighted by Gasteiger charge is 2.36. The summed E-state index contributed by atoms with van der Waals surface area (Å²) in [6.07, 6.45) is 1.22. The van der Waals surface area contributed by atoms with Crippen LogP contribution in [-0.4, -0.2) is 28.5 Å². The fourth-order valence-corrected chi connectivity index (χ4v) is 3.69. The zero-order valence-electron chi connectivity index (χ0n) is 13.5. The molecule has 0 saturated carbocycles. The summed E-state index contributed by atoms with van der Waals surface area (Å²) in [4.78, 5) is 37.5. The van der Waals surface area contributed by atoms with Crippen molar-refractivity contribution >= 4 is 74.8 Å². The number of thioether (sulfide) groups is 1. The first kappa shape index (κ1) is 19.8. The average molecular weight is 517 g/mol. The number of halogens is 3. The molecule has 2 aromatic rings. The van der Waals surface area contributed by atoms with Crippen LogP contribution in [0.3, 0.4) is 0 Å². The van der Waals surface area contributed by atoms with Crippen molar-refractivity contribution in [1.82, 2.24) is 4.90 Å². The molecule has 1 aliphatic heterocycles. The molecular formula is C18H11ClFIN2O3S. The molecule has 0 aliphatic carbocycles. The van der Waals surface area contributed by atoms with Crippen LogP contribution in [-0.2, 0) is 9.59 Å². The molecule has 1 fully saturated rings. The molecule has 0 radical (unpaired) electrons. The van der Waals surface area contributed by atoms with E-state index in [-0.39, 0.29) is 15.5 Å². The highest BCUT2D eigenvalue weighted by Crippen LogP contribution is 2.34. The van der Waals surface area contributed by atoms with Crippen molar-refractivity contribution < 1.29 is 18.8 Å². The number of nitrogens with zero attached hydrogens (tertiary/aromatic N) is 1. The molecule has 1 N–H and O–H groups in total. The number of rotatable bonds is 4. The Morgan fingerprint density at radius 3 is 2.59 bits per heavy atom. The number of carbonyl (C=O) groups is 3. The largest absolute Gasteiger partial charge is 0.325 e. The van der Waals surface area contributed by atoms with Crippen molar-refractivity contribution in [2.75, 3.05) is 11.9 Å². The molecule has 1 heterocycles. The third kappa shape index (κ3) is 4.69. The number of amides is 3. The molecule has 0 spiro atoms. The smallest absolute Gasteiger partial charge is 0.294 e. The zero-order valence-corrected chi connectivity index (χ0v) is 17.3. The lowest BCUT2D eigenvalue weighted by Crippen LogP contribution is -2.36. The minimum atomic E-state index is -0.665. The van der Waals surface area contributed by atoms with E-state index in [0.717, 1.165) is 8.47 Å². The SMILES string of the molecule is O=C(CN1C(=O)S/C(=C\c2c(F)cccc2Cl)C1=O)Nc1ccc(I)cc1. The summed E-state index contributed by atoms with van der Waals surface area (Å²) < 4.78 is 14.9. The fourth-order valence-electron chi connectivity index (χ4n) is 2.29. The minimum Gasteiger partial charge on any atom is -0.325 e. The van der Waals surface area contributed by atoms with Crippen LogP contribution in [0, 0.1) is 9.39 Å². The Labute approximate surface area is 177 Å². The Morgan fingerprint density at radius 2 is 1.93 bits per heavy atom. The monoisotopic (exact) mass is 516 g/mol. The first-order chi connectivity index (χ1) is 12.8. The van der Waals surface area contributed by atoms with Gasteiger partial charge >= 0.3 is 0 Å². The van der Waals surface area contributed by atoms with Gasteiger partial charge in [-0.25, -0.2) is 4.39 Å². The molecule has 0 aromatic heterocycles. The lowest BCUT2D eigenvalue weighted by atomic mass is 10.2. The summed E-state index contributed by atoms with van der Waals surface area (Å²) in [7, 11) is 0. The predicted octanol–water partition coefficient (Wildman–Crippen LogP) is 4.76. The lowest BCUT2D eigenvalue weighted by Gasteiger charge is -2.12. The van der Waals surface area contributed by atoms with Crippen molar-refractivity contribution in [2.45, 2.75) is 0 Å². The molecule has 2 aromatic carbocycles. The van der Waals surface area contributed by atoms with Gasteiger partial charge in [-0.2, -0.15) is 0 Å². The molecule has 5 nitrogen and oxygen atoms in total. The Bertz CT molecular complexity index is 945. The van der Waals surface area contributed by atoms with Gasteiger partial charge in [0.25, 0.3) is 11.1 Å². The number of imide groups is 1. The molecule has 0 atom stereocenters. The van der Waals surface area contributed by atoms with Crippen LogP contribution < -0.4 is 5.32 Å². The number of nitrogens with one attached hydrogen (secondary N) is 1. The van der Waals surface area contributed by atoms with Gasteiger partial charge in [0.1, 0.15) is 12.4 Å². The molecule has 27 heavy (non-hydrogen) atoms. The summed E-state index contributed by atoms with van der Waals surface area (Å²) in [5.74, 6) is -1.78. The second kappa shape index (κ2) is 8.41. The van der Waals surface area contributed by atoms with E-state index < -0.39 is 29.4 Å². The average Bonchev–Trinajstić information content (AvgIpc) is 2.88. The highest BCUT2D eigenvalue weighted by molar-refractivity contribution is 14.1. The summed E-state index contributed by atoms with van der Waals surface area (Å²) in [5, 5.41) is 2.14. The van der Waals surface area contributed by atoms with Crippen LogP contribution in [0.1, 0.15) is 5.56 Å². The van der Waals surface area contributed by atoms with Crippen LogP contribution in [0.2, 0.25) is 5.02 Å². The summed E-state index contributed by atoms with van der Waals surface area (Å²) in [5.41, 5.74) is 0.578. The normalized spacial score (nSPS) is 15.5. The number of anilines is 1. The first-order valence-electron chi connectivity index (χ1n) is 7.60. The Morgan fingerprint density at radius 1 is 1.22 bits per heavy atom. The maximum absolute atomic E-state index is 13.9. The van der Waals surface area contributed by atoms with Crippen LogP contribution in [0.15, 0.2) is 47.4 Å². The van der Waals surface area contributed by atoms with E-state index in [0.29, 0.717) is 17.4 Å². The minimum absolute atomic E-state index is 0.00839. The number of hydrogen-bond donors (Lipinski definition) is 1. The molecule has 0 bridgehead atoms. The Kier molecular flexibility index (Phi) is 6.18. The molecule has 138 valence electrons. The van der Waals surface area contributed by atoms with Gasteiger partial charge in [0.2, 0.25) is 5.91 Å². The maximum Gasteiger partial charge on any atom is 0.294 e. The molecule has 3 rings (SSSR count). The van der Waals surface area contributed by atoms with E-state index in [2.05, 4.69) is 27.9 Å². The lowest BCUT2D eigenvalue weighted by molar-refractivity contribution is -0.127. The second-order valence-corrected chi connectivity index (χ2v) is 8.10. The van der Waals surface area contributed by atoms with Crippen LogP contribution in [0.4, 0.5) is 14.9 Å². The molecule has 1 aliphatic rings. The van der Waals surface area contributed by atoms with Crippen molar-refractivity contribution in [1.29, 1.82) is 0 Å². The molecular weight excluding hydrogens is 506 g/mol. The standard InChI is InChI=1S/C18H11ClFIN2O3S/c19-13-2-1-3-14(20)12(13)8-15-17(25)23(18(26)27-15)9-16(24)22-11-6-4-10(21)5-7-11/h1-8H,9H2,(H,22,24)/b15-8-. The van der Waals surface area contributed by atoms with Gasteiger partial charge in [0.05, 0.1) is 9.93 Å². The Hall–Kier alpha value is -1.91. The molecule has 0 unspecified atom stereocenters. The maximum atomic E-state index is 13.9. The van der Waals surface area contributed by atoms with E-state index in [1.165, 1.54) is 24.3 Å². The molecule has 1 saturated heterocycles. The van der Waals surface area contributed by atoms with Gasteiger partial charge in [-0.1, -0.05) is 17.7 Å². The summed E-state index contributed by atoms with van der Waals surface area (Å²) in [6.45, 7) is -0.432. The van der Waals surface area contributed by atoms with Crippen molar-refractivity contribution in [3.8, 4) is 0 Å².